The Labute approximate surface area is 129 Å². The number of hydrogen-bond acceptors (Lipinski definition) is 3. The minimum atomic E-state index is 0.662. The van der Waals surface area contributed by atoms with E-state index in [2.05, 4.69) is 40.0 Å². The molecule has 0 bridgehead atoms. The van der Waals surface area contributed by atoms with E-state index in [4.69, 9.17) is 4.42 Å². The van der Waals surface area contributed by atoms with Crippen LogP contribution in [0.5, 0.6) is 0 Å². The highest BCUT2D eigenvalue weighted by Gasteiger charge is 2.18. The van der Waals surface area contributed by atoms with Gasteiger partial charge in [0.1, 0.15) is 11.2 Å². The van der Waals surface area contributed by atoms with Gasteiger partial charge in [-0.25, -0.2) is 9.55 Å². The Morgan fingerprint density at radius 3 is 2.57 bits per heavy atom. The van der Waals surface area contributed by atoms with Gasteiger partial charge in [0.05, 0.1) is 11.9 Å². The maximum atomic E-state index is 5.76. The zero-order valence-electron chi connectivity index (χ0n) is 13.3. The molecular formula is C16H22N3OS+. The second-order valence-electron chi connectivity index (χ2n) is 4.50. The molecule has 2 aromatic heterocycles. The summed E-state index contributed by atoms with van der Waals surface area (Å²) in [5.41, 5.74) is 4.24. The van der Waals surface area contributed by atoms with Gasteiger partial charge in [-0.1, -0.05) is 26.0 Å². The number of imidazole rings is 1. The van der Waals surface area contributed by atoms with E-state index in [9.17, 15) is 0 Å². The summed E-state index contributed by atoms with van der Waals surface area (Å²) >= 11 is 1.69. The maximum Gasteiger partial charge on any atom is 0.256 e. The average Bonchev–Trinajstić information content (AvgIpc) is 3.05. The number of para-hydroxylation sites is 2. The van der Waals surface area contributed by atoms with Crippen LogP contribution in [0.2, 0.25) is 0 Å². The third-order valence-corrected chi connectivity index (χ3v) is 4.13. The lowest BCUT2D eigenvalue weighted by Gasteiger charge is -1.93. The van der Waals surface area contributed by atoms with Gasteiger partial charge in [-0.05, 0) is 12.1 Å². The molecule has 0 aliphatic carbocycles. The number of rotatable bonds is 3. The van der Waals surface area contributed by atoms with Gasteiger partial charge in [-0.15, -0.1) is 0 Å². The fourth-order valence-corrected chi connectivity index (χ4v) is 2.76. The topological polar surface area (TPSA) is 34.8 Å². The largest absolute Gasteiger partial charge is 0.437 e. The highest BCUT2D eigenvalue weighted by Crippen LogP contribution is 2.15. The van der Waals surface area contributed by atoms with E-state index in [1.807, 2.05) is 38.1 Å². The van der Waals surface area contributed by atoms with E-state index in [1.165, 1.54) is 11.4 Å². The lowest BCUT2D eigenvalue weighted by Crippen LogP contribution is -2.35. The van der Waals surface area contributed by atoms with Crippen molar-refractivity contribution in [1.82, 2.24) is 8.96 Å². The predicted octanol–water partition coefficient (Wildman–Crippen LogP) is 3.73. The molecule has 0 aliphatic rings. The van der Waals surface area contributed by atoms with Crippen molar-refractivity contribution in [3.63, 3.8) is 0 Å². The van der Waals surface area contributed by atoms with E-state index in [0.29, 0.717) is 6.54 Å². The third-order valence-electron chi connectivity index (χ3n) is 3.37. The summed E-state index contributed by atoms with van der Waals surface area (Å²) < 4.78 is 10.1. The molecule has 112 valence electrons. The predicted molar refractivity (Wildman–Crippen MR) is 87.5 cm³/mol. The molecule has 0 radical (unpaired) electrons. The standard InChI is InChI=1S/C14H16N3OS.C2H6/c1-10-11(2)17(19-3)9-16(10)8-14-15-12-6-4-5-7-13(12)18-14;1-2/h4-7,9H,8H2,1-3H3;1-2H3/q+1;. The van der Waals surface area contributed by atoms with Crippen molar-refractivity contribution in [1.29, 1.82) is 0 Å². The molecule has 0 amide bonds. The molecule has 0 unspecified atom stereocenters. The van der Waals surface area contributed by atoms with Gasteiger partial charge < -0.3 is 4.42 Å². The summed E-state index contributed by atoms with van der Waals surface area (Å²) in [6, 6.07) is 7.85. The molecule has 0 saturated carbocycles. The van der Waals surface area contributed by atoms with E-state index in [-0.39, 0.29) is 0 Å². The first-order valence-corrected chi connectivity index (χ1v) is 8.34. The molecule has 3 aromatic rings. The fraction of sp³-hybridized carbons (Fsp3) is 0.375. The van der Waals surface area contributed by atoms with Gasteiger partial charge in [-0.2, -0.15) is 3.97 Å². The fourth-order valence-electron chi connectivity index (χ4n) is 2.14. The Bertz CT molecular complexity index is 697. The zero-order chi connectivity index (χ0) is 15.4. The van der Waals surface area contributed by atoms with Gasteiger partial charge in [0, 0.05) is 20.1 Å². The number of aromatic nitrogens is 3. The SMILES string of the molecule is CC.CSn1c[n+](Cc2nc3ccccc3o2)c(C)c1C. The molecule has 2 heterocycles. The molecular weight excluding hydrogens is 282 g/mol. The summed E-state index contributed by atoms with van der Waals surface area (Å²) in [7, 11) is 0. The van der Waals surface area contributed by atoms with Gasteiger partial charge in [0.15, 0.2) is 17.8 Å². The van der Waals surface area contributed by atoms with Crippen LogP contribution < -0.4 is 4.57 Å². The molecule has 4 nitrogen and oxygen atoms in total. The normalized spacial score (nSPS) is 10.5. The first-order chi connectivity index (χ1) is 10.2. The summed E-state index contributed by atoms with van der Waals surface area (Å²) in [5.74, 6) is 0.743. The third kappa shape index (κ3) is 3.13. The lowest BCUT2D eigenvalue weighted by atomic mass is 10.3. The Hall–Kier alpha value is -1.75. The van der Waals surface area contributed by atoms with Crippen molar-refractivity contribution in [2.45, 2.75) is 34.2 Å². The van der Waals surface area contributed by atoms with Crippen molar-refractivity contribution < 1.29 is 8.98 Å². The van der Waals surface area contributed by atoms with Crippen molar-refractivity contribution in [3.8, 4) is 0 Å². The van der Waals surface area contributed by atoms with Gasteiger partial charge in [0.2, 0.25) is 5.89 Å². The summed E-state index contributed by atoms with van der Waals surface area (Å²) in [5, 5.41) is 0. The van der Waals surface area contributed by atoms with Crippen molar-refractivity contribution in [3.05, 3.63) is 47.9 Å². The molecule has 0 fully saturated rings. The average molecular weight is 304 g/mol. The van der Waals surface area contributed by atoms with Crippen molar-refractivity contribution >= 4 is 23.0 Å². The summed E-state index contributed by atoms with van der Waals surface area (Å²) in [6.45, 7) is 8.90. The Morgan fingerprint density at radius 1 is 1.24 bits per heavy atom. The van der Waals surface area contributed by atoms with Crippen LogP contribution in [-0.4, -0.2) is 15.2 Å². The molecule has 3 rings (SSSR count). The van der Waals surface area contributed by atoms with E-state index < -0.39 is 0 Å². The van der Waals surface area contributed by atoms with Crippen LogP contribution >= 0.6 is 11.9 Å². The van der Waals surface area contributed by atoms with E-state index >= 15 is 0 Å². The van der Waals surface area contributed by atoms with Gasteiger partial charge in [0.25, 0.3) is 6.33 Å². The molecule has 0 N–H and O–H groups in total. The van der Waals surface area contributed by atoms with Gasteiger partial charge >= 0.3 is 0 Å². The molecule has 0 atom stereocenters. The molecule has 21 heavy (non-hydrogen) atoms. The highest BCUT2D eigenvalue weighted by molar-refractivity contribution is 7.97. The number of benzene rings is 1. The Morgan fingerprint density at radius 2 is 1.95 bits per heavy atom. The van der Waals surface area contributed by atoms with Crippen LogP contribution in [0.25, 0.3) is 11.1 Å². The lowest BCUT2D eigenvalue weighted by molar-refractivity contribution is -0.695. The minimum absolute atomic E-state index is 0.662. The van der Waals surface area contributed by atoms with Crippen molar-refractivity contribution in [2.75, 3.05) is 6.26 Å². The van der Waals surface area contributed by atoms with Crippen LogP contribution in [0, 0.1) is 13.8 Å². The van der Waals surface area contributed by atoms with Crippen LogP contribution in [0.1, 0.15) is 31.1 Å². The quantitative estimate of drug-likeness (QED) is 0.692. The molecule has 0 spiro atoms. The Kier molecular flexibility index (Phi) is 5.07. The first-order valence-electron chi connectivity index (χ1n) is 7.16. The van der Waals surface area contributed by atoms with Gasteiger partial charge in [-0.3, -0.25) is 0 Å². The first kappa shape index (κ1) is 15.6. The van der Waals surface area contributed by atoms with Crippen LogP contribution in [-0.2, 0) is 6.54 Å². The Balaban J connectivity index is 0.000000774. The number of hydrogen-bond donors (Lipinski definition) is 0. The number of fused-ring (bicyclic) bond motifs is 1. The van der Waals surface area contributed by atoms with Crippen LogP contribution in [0.3, 0.4) is 0 Å². The smallest absolute Gasteiger partial charge is 0.256 e. The number of oxazole rings is 1. The summed E-state index contributed by atoms with van der Waals surface area (Å²) in [6.07, 6.45) is 4.15. The minimum Gasteiger partial charge on any atom is -0.437 e. The molecule has 0 saturated heterocycles. The molecule has 1 aromatic carbocycles. The van der Waals surface area contributed by atoms with Crippen molar-refractivity contribution in [2.24, 2.45) is 0 Å². The highest BCUT2D eigenvalue weighted by atomic mass is 32.2. The van der Waals surface area contributed by atoms with E-state index in [1.54, 1.807) is 11.9 Å². The molecule has 0 aliphatic heterocycles. The second-order valence-corrected chi connectivity index (χ2v) is 5.26. The zero-order valence-corrected chi connectivity index (χ0v) is 14.1. The maximum absolute atomic E-state index is 5.76. The number of nitrogens with zero attached hydrogens (tertiary/aromatic N) is 3. The monoisotopic (exact) mass is 304 g/mol. The molecule has 5 heteroatoms. The van der Waals surface area contributed by atoms with Crippen LogP contribution in [0.4, 0.5) is 0 Å². The second kappa shape index (κ2) is 6.80. The summed E-state index contributed by atoms with van der Waals surface area (Å²) in [4.78, 5) is 4.51. The van der Waals surface area contributed by atoms with Crippen LogP contribution in [0.15, 0.2) is 35.0 Å². The van der Waals surface area contributed by atoms with E-state index in [0.717, 1.165) is 17.0 Å².